The van der Waals surface area contributed by atoms with Crippen LogP contribution in [0.2, 0.25) is 5.02 Å². The maximum atomic E-state index is 13.6. The van der Waals surface area contributed by atoms with E-state index < -0.39 is 17.7 Å². The summed E-state index contributed by atoms with van der Waals surface area (Å²) in [5, 5.41) is 13.7. The van der Waals surface area contributed by atoms with Gasteiger partial charge in [0.1, 0.15) is 11.6 Å². The van der Waals surface area contributed by atoms with Gasteiger partial charge in [-0.15, -0.1) is 0 Å². The van der Waals surface area contributed by atoms with E-state index in [0.717, 1.165) is 17.7 Å². The third kappa shape index (κ3) is 4.24. The smallest absolute Gasteiger partial charge is 0.131 e. The molecule has 0 spiro atoms. The summed E-state index contributed by atoms with van der Waals surface area (Å²) in [6, 6.07) is 10.4. The number of aliphatic hydroxyl groups is 1. The van der Waals surface area contributed by atoms with Gasteiger partial charge in [0.05, 0.1) is 6.10 Å². The Morgan fingerprint density at radius 1 is 1.19 bits per heavy atom. The quantitative estimate of drug-likeness (QED) is 0.874. The molecule has 0 bridgehead atoms. The van der Waals surface area contributed by atoms with Gasteiger partial charge in [0.25, 0.3) is 0 Å². The van der Waals surface area contributed by atoms with Crippen molar-refractivity contribution >= 4 is 11.6 Å². The molecule has 0 saturated heterocycles. The van der Waals surface area contributed by atoms with Crippen LogP contribution in [0.1, 0.15) is 30.2 Å². The van der Waals surface area contributed by atoms with Crippen molar-refractivity contribution in [1.82, 2.24) is 5.32 Å². The van der Waals surface area contributed by atoms with E-state index in [-0.39, 0.29) is 18.2 Å². The van der Waals surface area contributed by atoms with E-state index in [1.807, 2.05) is 25.1 Å². The second-order valence-electron chi connectivity index (χ2n) is 4.87. The number of hydrogen-bond donors (Lipinski definition) is 2. The Bertz CT molecular complexity index is 621. The van der Waals surface area contributed by atoms with E-state index in [1.54, 1.807) is 6.07 Å². The molecule has 0 amide bonds. The lowest BCUT2D eigenvalue weighted by molar-refractivity contribution is 0.166. The molecule has 0 saturated carbocycles. The average Bonchev–Trinajstić information content (AvgIpc) is 2.44. The molecule has 21 heavy (non-hydrogen) atoms. The highest BCUT2D eigenvalue weighted by Gasteiger charge is 2.15. The number of rotatable bonds is 5. The van der Waals surface area contributed by atoms with E-state index in [9.17, 15) is 13.9 Å². The molecule has 2 rings (SSSR count). The fraction of sp³-hybridized carbons (Fsp3) is 0.250. The van der Waals surface area contributed by atoms with Crippen molar-refractivity contribution in [2.45, 2.75) is 19.1 Å². The van der Waals surface area contributed by atoms with Crippen LogP contribution in [-0.4, -0.2) is 11.7 Å². The van der Waals surface area contributed by atoms with Crippen molar-refractivity contribution in [3.8, 4) is 0 Å². The molecule has 2 aromatic carbocycles. The van der Waals surface area contributed by atoms with Crippen LogP contribution in [-0.2, 0) is 0 Å². The van der Waals surface area contributed by atoms with Gasteiger partial charge >= 0.3 is 0 Å². The van der Waals surface area contributed by atoms with Crippen molar-refractivity contribution in [1.29, 1.82) is 0 Å². The van der Waals surface area contributed by atoms with Crippen LogP contribution < -0.4 is 5.32 Å². The highest BCUT2D eigenvalue weighted by molar-refractivity contribution is 6.30. The predicted octanol–water partition coefficient (Wildman–Crippen LogP) is 4.00. The lowest BCUT2D eigenvalue weighted by Gasteiger charge is -2.18. The van der Waals surface area contributed by atoms with Gasteiger partial charge in [-0.2, -0.15) is 0 Å². The van der Waals surface area contributed by atoms with E-state index in [0.29, 0.717) is 5.02 Å². The number of nitrogens with one attached hydrogen (secondary N) is 1. The number of hydrogen-bond acceptors (Lipinski definition) is 2. The second-order valence-corrected chi connectivity index (χ2v) is 5.30. The van der Waals surface area contributed by atoms with Gasteiger partial charge in [-0.05, 0) is 30.7 Å². The van der Waals surface area contributed by atoms with Gasteiger partial charge in [-0.3, -0.25) is 0 Å². The summed E-state index contributed by atoms with van der Waals surface area (Å²) in [5.74, 6) is -1.41. The zero-order valence-electron chi connectivity index (χ0n) is 11.5. The van der Waals surface area contributed by atoms with Crippen molar-refractivity contribution in [2.24, 2.45) is 0 Å². The average molecular weight is 312 g/mol. The summed E-state index contributed by atoms with van der Waals surface area (Å²) in [6.45, 7) is 2.07. The molecule has 0 aliphatic carbocycles. The van der Waals surface area contributed by atoms with E-state index in [2.05, 4.69) is 5.32 Å². The molecule has 0 radical (unpaired) electrons. The summed E-state index contributed by atoms with van der Waals surface area (Å²) in [5.41, 5.74) is 1.04. The maximum Gasteiger partial charge on any atom is 0.131 e. The first kappa shape index (κ1) is 15.9. The Morgan fingerprint density at radius 3 is 2.62 bits per heavy atom. The fourth-order valence-corrected chi connectivity index (χ4v) is 2.26. The lowest BCUT2D eigenvalue weighted by Crippen LogP contribution is -2.25. The van der Waals surface area contributed by atoms with Crippen LogP contribution in [0.4, 0.5) is 8.78 Å². The van der Waals surface area contributed by atoms with Crippen molar-refractivity contribution in [3.63, 3.8) is 0 Å². The lowest BCUT2D eigenvalue weighted by atomic mass is 10.1. The molecule has 5 heteroatoms. The fourth-order valence-electron chi connectivity index (χ4n) is 2.06. The Labute approximate surface area is 127 Å². The highest BCUT2D eigenvalue weighted by Crippen LogP contribution is 2.20. The molecule has 112 valence electrons. The van der Waals surface area contributed by atoms with Gasteiger partial charge in [0.2, 0.25) is 0 Å². The zero-order chi connectivity index (χ0) is 15.4. The second kappa shape index (κ2) is 6.98. The maximum absolute atomic E-state index is 13.6. The molecule has 0 aromatic heterocycles. The van der Waals surface area contributed by atoms with Crippen LogP contribution in [0.25, 0.3) is 0 Å². The molecule has 0 aliphatic heterocycles. The largest absolute Gasteiger partial charge is 0.387 e. The molecule has 2 N–H and O–H groups in total. The molecule has 1 unspecified atom stereocenters. The van der Waals surface area contributed by atoms with Crippen LogP contribution >= 0.6 is 11.6 Å². The molecule has 2 nitrogen and oxygen atoms in total. The van der Waals surface area contributed by atoms with Crippen molar-refractivity contribution in [3.05, 3.63) is 70.2 Å². The first-order valence-corrected chi connectivity index (χ1v) is 6.97. The molecule has 0 fully saturated rings. The van der Waals surface area contributed by atoms with E-state index in [4.69, 9.17) is 11.6 Å². The first-order chi connectivity index (χ1) is 9.97. The van der Waals surface area contributed by atoms with Gasteiger partial charge in [0.15, 0.2) is 0 Å². The number of aliphatic hydroxyl groups excluding tert-OH is 1. The van der Waals surface area contributed by atoms with Crippen LogP contribution in [0.15, 0.2) is 42.5 Å². The summed E-state index contributed by atoms with van der Waals surface area (Å²) in [4.78, 5) is 0. The van der Waals surface area contributed by atoms with Crippen molar-refractivity contribution in [2.75, 3.05) is 6.54 Å². The molecular formula is C16H16ClF2NO. The zero-order valence-corrected chi connectivity index (χ0v) is 12.2. The SMILES string of the molecule is C[C@H](NCC(O)c1ccc(F)cc1F)c1cccc(Cl)c1. The van der Waals surface area contributed by atoms with E-state index >= 15 is 0 Å². The van der Waals surface area contributed by atoms with Gasteiger partial charge in [0, 0.05) is 29.2 Å². The van der Waals surface area contributed by atoms with E-state index in [1.165, 1.54) is 6.07 Å². The first-order valence-electron chi connectivity index (χ1n) is 6.59. The summed E-state index contributed by atoms with van der Waals surface area (Å²) >= 11 is 5.92. The van der Waals surface area contributed by atoms with Gasteiger partial charge in [-0.1, -0.05) is 29.8 Å². The molecular weight excluding hydrogens is 296 g/mol. The number of benzene rings is 2. The number of halogens is 3. The van der Waals surface area contributed by atoms with Crippen LogP contribution in [0.5, 0.6) is 0 Å². The molecule has 0 heterocycles. The Kier molecular flexibility index (Phi) is 5.28. The Balaban J connectivity index is 1.99. The minimum absolute atomic E-state index is 0.0538. The van der Waals surface area contributed by atoms with Crippen molar-refractivity contribution < 1.29 is 13.9 Å². The predicted molar refractivity (Wildman–Crippen MR) is 79.2 cm³/mol. The van der Waals surface area contributed by atoms with Gasteiger partial charge in [-0.25, -0.2) is 8.78 Å². The molecule has 0 aliphatic rings. The third-order valence-corrected chi connectivity index (χ3v) is 3.52. The third-order valence-electron chi connectivity index (χ3n) is 3.29. The highest BCUT2D eigenvalue weighted by atomic mass is 35.5. The topological polar surface area (TPSA) is 32.3 Å². The Hall–Kier alpha value is -1.49. The van der Waals surface area contributed by atoms with Crippen LogP contribution in [0.3, 0.4) is 0 Å². The normalized spacial score (nSPS) is 14.0. The monoisotopic (exact) mass is 311 g/mol. The molecule has 2 atom stereocenters. The molecule has 2 aromatic rings. The summed E-state index contributed by atoms with van der Waals surface area (Å²) in [7, 11) is 0. The summed E-state index contributed by atoms with van der Waals surface area (Å²) in [6.07, 6.45) is -1.05. The summed E-state index contributed by atoms with van der Waals surface area (Å²) < 4.78 is 26.4. The standard InChI is InChI=1S/C16H16ClF2NO/c1-10(11-3-2-4-12(17)7-11)20-9-16(21)14-6-5-13(18)8-15(14)19/h2-8,10,16,20-21H,9H2,1H3/t10-,16?/m0/s1. The Morgan fingerprint density at radius 2 is 1.95 bits per heavy atom. The van der Waals surface area contributed by atoms with Gasteiger partial charge < -0.3 is 10.4 Å². The minimum atomic E-state index is -1.05. The van der Waals surface area contributed by atoms with Crippen LogP contribution in [0, 0.1) is 11.6 Å². The minimum Gasteiger partial charge on any atom is -0.387 e.